The van der Waals surface area contributed by atoms with Crippen molar-refractivity contribution in [3.8, 4) is 0 Å². The third kappa shape index (κ3) is 5.69. The summed E-state index contributed by atoms with van der Waals surface area (Å²) in [6.07, 6.45) is 0.134. The molecule has 32 heavy (non-hydrogen) atoms. The van der Waals surface area contributed by atoms with E-state index >= 15 is 0 Å². The van der Waals surface area contributed by atoms with Crippen LogP contribution in [0.5, 0.6) is 0 Å². The molecule has 3 aromatic rings. The first-order valence-electron chi connectivity index (χ1n) is 10.2. The van der Waals surface area contributed by atoms with Gasteiger partial charge in [-0.05, 0) is 57.0 Å². The van der Waals surface area contributed by atoms with Crippen molar-refractivity contribution in [2.75, 3.05) is 4.90 Å². The quantitative estimate of drug-likeness (QED) is 0.306. The Morgan fingerprint density at radius 3 is 2.41 bits per heavy atom. The van der Waals surface area contributed by atoms with Gasteiger partial charge in [0.05, 0.1) is 17.8 Å². The average Bonchev–Trinajstić information content (AvgIpc) is 3.33. The van der Waals surface area contributed by atoms with Gasteiger partial charge in [-0.1, -0.05) is 6.07 Å². The molecule has 0 unspecified atom stereocenters. The summed E-state index contributed by atoms with van der Waals surface area (Å²) in [6.45, 7) is 9.37. The Hall–Kier alpha value is -2.84. The number of hydrogen-bond acceptors (Lipinski definition) is 7. The fourth-order valence-electron chi connectivity index (χ4n) is 3.24. The molecule has 0 aliphatic rings. The SMILES string of the molecule is CC(=O)N(c1ccc(C)c(C)c1)c1nc(COC(=O)CCC(=O)c2cc(C)sc2C)cs1. The van der Waals surface area contributed by atoms with Crippen LogP contribution in [-0.2, 0) is 20.9 Å². The summed E-state index contributed by atoms with van der Waals surface area (Å²) >= 11 is 2.89. The second-order valence-corrected chi connectivity index (χ2v) is 9.95. The minimum atomic E-state index is -0.449. The van der Waals surface area contributed by atoms with Crippen LogP contribution >= 0.6 is 22.7 Å². The molecule has 2 heterocycles. The highest BCUT2D eigenvalue weighted by molar-refractivity contribution is 7.14. The van der Waals surface area contributed by atoms with Crippen molar-refractivity contribution in [1.29, 1.82) is 0 Å². The second kappa shape index (κ2) is 10.2. The minimum Gasteiger partial charge on any atom is -0.459 e. The molecule has 0 N–H and O–H groups in total. The van der Waals surface area contributed by atoms with Gasteiger partial charge in [0, 0.05) is 34.0 Å². The zero-order chi connectivity index (χ0) is 23.4. The van der Waals surface area contributed by atoms with Crippen molar-refractivity contribution in [2.24, 2.45) is 0 Å². The second-order valence-electron chi connectivity index (χ2n) is 7.66. The van der Waals surface area contributed by atoms with Gasteiger partial charge in [-0.25, -0.2) is 4.98 Å². The highest BCUT2D eigenvalue weighted by Crippen LogP contribution is 2.30. The molecule has 2 aromatic heterocycles. The number of ether oxygens (including phenoxy) is 1. The summed E-state index contributed by atoms with van der Waals surface area (Å²) in [7, 11) is 0. The summed E-state index contributed by atoms with van der Waals surface area (Å²) < 4.78 is 5.30. The van der Waals surface area contributed by atoms with Crippen molar-refractivity contribution in [1.82, 2.24) is 4.98 Å². The standard InChI is InChI=1S/C24H26N2O4S2/c1-14-6-7-20(10-15(14)2)26(18(5)27)24-25-19(13-31-24)12-30-23(29)9-8-22(28)21-11-16(3)32-17(21)4/h6-7,10-11,13H,8-9,12H2,1-5H3. The van der Waals surface area contributed by atoms with Gasteiger partial charge in [0.2, 0.25) is 5.91 Å². The number of benzene rings is 1. The van der Waals surface area contributed by atoms with Crippen molar-refractivity contribution in [3.63, 3.8) is 0 Å². The lowest BCUT2D eigenvalue weighted by Crippen LogP contribution is -2.22. The average molecular weight is 471 g/mol. The van der Waals surface area contributed by atoms with Crippen LogP contribution in [0.15, 0.2) is 29.6 Å². The third-order valence-corrected chi connectivity index (χ3v) is 6.91. The zero-order valence-electron chi connectivity index (χ0n) is 18.9. The van der Waals surface area contributed by atoms with Crippen LogP contribution in [0.25, 0.3) is 0 Å². The highest BCUT2D eigenvalue weighted by Gasteiger charge is 2.19. The van der Waals surface area contributed by atoms with Gasteiger partial charge in [0.1, 0.15) is 6.61 Å². The maximum Gasteiger partial charge on any atom is 0.306 e. The van der Waals surface area contributed by atoms with Crippen molar-refractivity contribution in [3.05, 3.63) is 61.8 Å². The van der Waals surface area contributed by atoms with Gasteiger partial charge in [0.15, 0.2) is 10.9 Å². The lowest BCUT2D eigenvalue weighted by atomic mass is 10.1. The molecule has 0 saturated carbocycles. The van der Waals surface area contributed by atoms with Crippen molar-refractivity contribution < 1.29 is 19.1 Å². The molecule has 0 aliphatic carbocycles. The molecule has 0 fully saturated rings. The predicted molar refractivity (Wildman–Crippen MR) is 128 cm³/mol. The number of rotatable bonds is 8. The normalized spacial score (nSPS) is 10.8. The van der Waals surface area contributed by atoms with E-state index in [4.69, 9.17) is 4.74 Å². The number of thiazole rings is 1. The van der Waals surface area contributed by atoms with Crippen LogP contribution in [0.1, 0.15) is 56.7 Å². The monoisotopic (exact) mass is 470 g/mol. The van der Waals surface area contributed by atoms with Crippen LogP contribution in [0, 0.1) is 27.7 Å². The fourth-order valence-corrected chi connectivity index (χ4v) is 5.06. The molecule has 168 valence electrons. The predicted octanol–water partition coefficient (Wildman–Crippen LogP) is 5.83. The zero-order valence-corrected chi connectivity index (χ0v) is 20.5. The number of aromatic nitrogens is 1. The molecule has 8 heteroatoms. The highest BCUT2D eigenvalue weighted by atomic mass is 32.1. The van der Waals surface area contributed by atoms with E-state index in [2.05, 4.69) is 4.98 Å². The third-order valence-electron chi connectivity index (χ3n) is 5.07. The number of anilines is 2. The Balaban J connectivity index is 1.58. The fraction of sp³-hybridized carbons (Fsp3) is 0.333. The molecule has 0 saturated heterocycles. The molecule has 1 amide bonds. The summed E-state index contributed by atoms with van der Waals surface area (Å²) in [5.74, 6) is -0.649. The van der Waals surface area contributed by atoms with Crippen LogP contribution in [-0.4, -0.2) is 22.6 Å². The lowest BCUT2D eigenvalue weighted by molar-refractivity contribution is -0.145. The Morgan fingerprint density at radius 2 is 1.78 bits per heavy atom. The molecular formula is C24H26N2O4S2. The Bertz CT molecular complexity index is 1160. The molecular weight excluding hydrogens is 444 g/mol. The minimum absolute atomic E-state index is 0.00121. The molecule has 0 bridgehead atoms. The van der Waals surface area contributed by atoms with E-state index in [0.717, 1.165) is 26.6 Å². The first-order chi connectivity index (χ1) is 15.2. The van der Waals surface area contributed by atoms with E-state index in [1.165, 1.54) is 18.3 Å². The molecule has 0 spiro atoms. The summed E-state index contributed by atoms with van der Waals surface area (Å²) in [5.41, 5.74) is 4.22. The molecule has 1 aromatic carbocycles. The Morgan fingerprint density at radius 1 is 1.03 bits per heavy atom. The maximum atomic E-state index is 12.3. The maximum absolute atomic E-state index is 12.3. The lowest BCUT2D eigenvalue weighted by Gasteiger charge is -2.19. The van der Waals surface area contributed by atoms with Crippen molar-refractivity contribution >= 4 is 51.2 Å². The van der Waals surface area contributed by atoms with Crippen LogP contribution in [0.2, 0.25) is 0 Å². The Labute approximate surface area is 195 Å². The number of aryl methyl sites for hydroxylation is 4. The number of thiophene rings is 1. The summed E-state index contributed by atoms with van der Waals surface area (Å²) in [6, 6.07) is 7.67. The van der Waals surface area contributed by atoms with E-state index in [1.54, 1.807) is 21.6 Å². The van der Waals surface area contributed by atoms with Crippen LogP contribution < -0.4 is 4.90 Å². The van der Waals surface area contributed by atoms with Gasteiger partial charge in [-0.2, -0.15) is 0 Å². The largest absolute Gasteiger partial charge is 0.459 e. The molecule has 6 nitrogen and oxygen atoms in total. The van der Waals surface area contributed by atoms with Crippen LogP contribution in [0.4, 0.5) is 10.8 Å². The van der Waals surface area contributed by atoms with Gasteiger partial charge >= 0.3 is 5.97 Å². The van der Waals surface area contributed by atoms with E-state index in [0.29, 0.717) is 16.4 Å². The number of esters is 1. The van der Waals surface area contributed by atoms with Crippen LogP contribution in [0.3, 0.4) is 0 Å². The Kier molecular flexibility index (Phi) is 7.58. The topological polar surface area (TPSA) is 76.6 Å². The van der Waals surface area contributed by atoms with E-state index < -0.39 is 5.97 Å². The molecule has 0 aliphatic heterocycles. The van der Waals surface area contributed by atoms with E-state index in [1.807, 2.05) is 52.0 Å². The number of amides is 1. The summed E-state index contributed by atoms with van der Waals surface area (Å²) in [4.78, 5) is 44.8. The first kappa shape index (κ1) is 23.8. The molecule has 0 radical (unpaired) electrons. The number of Topliss-reactive ketones (excluding diaryl/α,β-unsaturated/α-hetero) is 1. The number of ketones is 1. The van der Waals surface area contributed by atoms with Gasteiger partial charge < -0.3 is 4.74 Å². The first-order valence-corrected chi connectivity index (χ1v) is 11.9. The number of carbonyl (C=O) groups excluding carboxylic acids is 3. The van der Waals surface area contributed by atoms with Gasteiger partial charge in [-0.15, -0.1) is 22.7 Å². The van der Waals surface area contributed by atoms with E-state index in [-0.39, 0.29) is 31.1 Å². The number of hydrogen-bond donors (Lipinski definition) is 0. The number of carbonyl (C=O) groups is 3. The smallest absolute Gasteiger partial charge is 0.306 e. The number of nitrogens with zero attached hydrogens (tertiary/aromatic N) is 2. The summed E-state index contributed by atoms with van der Waals surface area (Å²) in [5, 5.41) is 2.28. The van der Waals surface area contributed by atoms with Gasteiger partial charge in [0.25, 0.3) is 0 Å². The van der Waals surface area contributed by atoms with Crippen molar-refractivity contribution in [2.45, 2.75) is 54.1 Å². The molecule has 3 rings (SSSR count). The van der Waals surface area contributed by atoms with Gasteiger partial charge in [-0.3, -0.25) is 19.3 Å². The molecule has 0 atom stereocenters. The van der Waals surface area contributed by atoms with E-state index in [9.17, 15) is 14.4 Å².